The SMILES string of the molecule is CCCS(=O)(=O)Nc1c(Cl)cc(Cl)cc1Cl. The second kappa shape index (κ2) is 5.45. The largest absolute Gasteiger partial charge is 0.281 e. The first-order valence-corrected chi connectivity index (χ1v) is 7.29. The summed E-state index contributed by atoms with van der Waals surface area (Å²) >= 11 is 17.4. The molecule has 1 rings (SSSR count). The van der Waals surface area contributed by atoms with Crippen LogP contribution in [0.3, 0.4) is 0 Å². The van der Waals surface area contributed by atoms with E-state index in [2.05, 4.69) is 4.72 Å². The minimum absolute atomic E-state index is 0.0162. The van der Waals surface area contributed by atoms with Crippen LogP contribution >= 0.6 is 34.8 Å². The molecular weight excluding hydrogens is 293 g/mol. The van der Waals surface area contributed by atoms with Crippen LogP contribution in [0.1, 0.15) is 13.3 Å². The Morgan fingerprint density at radius 1 is 1.19 bits per heavy atom. The van der Waals surface area contributed by atoms with Crippen molar-refractivity contribution in [2.24, 2.45) is 0 Å². The Labute approximate surface area is 110 Å². The Bertz CT molecular complexity index is 465. The Morgan fingerprint density at radius 3 is 2.12 bits per heavy atom. The van der Waals surface area contributed by atoms with Gasteiger partial charge in [-0.1, -0.05) is 41.7 Å². The number of halogens is 3. The molecule has 0 radical (unpaired) electrons. The minimum atomic E-state index is -3.40. The molecule has 0 atom stereocenters. The van der Waals surface area contributed by atoms with Gasteiger partial charge in [-0.15, -0.1) is 0 Å². The summed E-state index contributed by atoms with van der Waals surface area (Å²) in [7, 11) is -3.40. The van der Waals surface area contributed by atoms with Crippen molar-refractivity contribution in [2.45, 2.75) is 13.3 Å². The zero-order valence-corrected chi connectivity index (χ0v) is 11.5. The molecule has 0 amide bonds. The second-order valence-electron chi connectivity index (χ2n) is 3.17. The lowest BCUT2D eigenvalue weighted by Crippen LogP contribution is -2.16. The minimum Gasteiger partial charge on any atom is -0.281 e. The fourth-order valence-corrected chi connectivity index (χ4v) is 3.31. The Kier molecular flexibility index (Phi) is 4.73. The monoisotopic (exact) mass is 301 g/mol. The van der Waals surface area contributed by atoms with Crippen LogP contribution in [-0.2, 0) is 10.0 Å². The molecule has 1 aromatic carbocycles. The first-order valence-electron chi connectivity index (χ1n) is 4.50. The van der Waals surface area contributed by atoms with Gasteiger partial charge < -0.3 is 0 Å². The molecule has 0 fully saturated rings. The van der Waals surface area contributed by atoms with E-state index in [1.54, 1.807) is 6.92 Å². The molecule has 0 saturated carbocycles. The van der Waals surface area contributed by atoms with Gasteiger partial charge in [0.2, 0.25) is 10.0 Å². The Balaban J connectivity index is 3.07. The Morgan fingerprint density at radius 2 is 1.69 bits per heavy atom. The number of hydrogen-bond acceptors (Lipinski definition) is 2. The van der Waals surface area contributed by atoms with Crippen molar-refractivity contribution in [3.05, 3.63) is 27.2 Å². The summed E-state index contributed by atoms with van der Waals surface area (Å²) < 4.78 is 25.4. The maximum atomic E-state index is 11.5. The van der Waals surface area contributed by atoms with Gasteiger partial charge in [0.05, 0.1) is 21.5 Å². The van der Waals surface area contributed by atoms with Crippen LogP contribution < -0.4 is 4.72 Å². The van der Waals surface area contributed by atoms with Gasteiger partial charge in [-0.25, -0.2) is 8.42 Å². The summed E-state index contributed by atoms with van der Waals surface area (Å²) in [5.41, 5.74) is 0.168. The highest BCUT2D eigenvalue weighted by Crippen LogP contribution is 2.34. The van der Waals surface area contributed by atoms with E-state index in [0.29, 0.717) is 11.4 Å². The molecule has 0 aliphatic heterocycles. The van der Waals surface area contributed by atoms with Gasteiger partial charge in [-0.05, 0) is 18.6 Å². The summed E-state index contributed by atoms with van der Waals surface area (Å²) in [6.45, 7) is 1.77. The van der Waals surface area contributed by atoms with Crippen molar-refractivity contribution in [1.82, 2.24) is 0 Å². The third kappa shape index (κ3) is 3.70. The standard InChI is InChI=1S/C9H10Cl3NO2S/c1-2-3-16(14,15)13-9-7(11)4-6(10)5-8(9)12/h4-5,13H,2-3H2,1H3. The maximum absolute atomic E-state index is 11.5. The predicted octanol–water partition coefficient (Wildman–Crippen LogP) is 3.80. The van der Waals surface area contributed by atoms with Gasteiger partial charge in [-0.2, -0.15) is 0 Å². The van der Waals surface area contributed by atoms with Gasteiger partial charge in [0, 0.05) is 5.02 Å². The molecule has 0 bridgehead atoms. The molecule has 1 N–H and O–H groups in total. The highest BCUT2D eigenvalue weighted by Gasteiger charge is 2.14. The van der Waals surface area contributed by atoms with Crippen LogP contribution in [-0.4, -0.2) is 14.2 Å². The summed E-state index contributed by atoms with van der Waals surface area (Å²) in [6, 6.07) is 2.86. The van der Waals surface area contributed by atoms with E-state index in [-0.39, 0.29) is 21.5 Å². The van der Waals surface area contributed by atoms with E-state index in [4.69, 9.17) is 34.8 Å². The smallest absolute Gasteiger partial charge is 0.232 e. The van der Waals surface area contributed by atoms with Crippen LogP contribution in [0.4, 0.5) is 5.69 Å². The van der Waals surface area contributed by atoms with Crippen molar-refractivity contribution < 1.29 is 8.42 Å². The molecule has 7 heteroatoms. The van der Waals surface area contributed by atoms with Crippen molar-refractivity contribution in [3.8, 4) is 0 Å². The molecule has 0 aliphatic rings. The lowest BCUT2D eigenvalue weighted by atomic mass is 10.3. The van der Waals surface area contributed by atoms with E-state index in [1.807, 2.05) is 0 Å². The van der Waals surface area contributed by atoms with E-state index in [9.17, 15) is 8.42 Å². The molecule has 0 heterocycles. The lowest BCUT2D eigenvalue weighted by Gasteiger charge is -2.10. The zero-order chi connectivity index (χ0) is 12.3. The van der Waals surface area contributed by atoms with Crippen molar-refractivity contribution >= 4 is 50.5 Å². The fourth-order valence-electron chi connectivity index (χ4n) is 1.11. The molecule has 0 saturated heterocycles. The maximum Gasteiger partial charge on any atom is 0.232 e. The molecule has 0 aromatic heterocycles. The highest BCUT2D eigenvalue weighted by atomic mass is 35.5. The fraction of sp³-hybridized carbons (Fsp3) is 0.333. The number of sulfonamides is 1. The summed E-state index contributed by atoms with van der Waals surface area (Å²) in [6.07, 6.45) is 0.512. The number of hydrogen-bond donors (Lipinski definition) is 1. The zero-order valence-electron chi connectivity index (χ0n) is 8.43. The molecule has 3 nitrogen and oxygen atoms in total. The first kappa shape index (κ1) is 13.9. The number of anilines is 1. The third-order valence-corrected chi connectivity index (χ3v) is 4.01. The normalized spacial score (nSPS) is 11.5. The average molecular weight is 303 g/mol. The topological polar surface area (TPSA) is 46.2 Å². The number of rotatable bonds is 4. The second-order valence-corrected chi connectivity index (χ2v) is 6.26. The van der Waals surface area contributed by atoms with E-state index in [0.717, 1.165) is 0 Å². The molecule has 90 valence electrons. The van der Waals surface area contributed by atoms with Crippen LogP contribution in [0.2, 0.25) is 15.1 Å². The first-order chi connectivity index (χ1) is 7.35. The molecule has 1 aromatic rings. The third-order valence-electron chi connectivity index (χ3n) is 1.74. The van der Waals surface area contributed by atoms with Crippen molar-refractivity contribution in [2.75, 3.05) is 10.5 Å². The van der Waals surface area contributed by atoms with Gasteiger partial charge in [0.15, 0.2) is 0 Å². The van der Waals surface area contributed by atoms with Gasteiger partial charge in [0.25, 0.3) is 0 Å². The quantitative estimate of drug-likeness (QED) is 0.919. The molecule has 0 unspecified atom stereocenters. The van der Waals surface area contributed by atoms with E-state index in [1.165, 1.54) is 12.1 Å². The number of nitrogens with one attached hydrogen (secondary N) is 1. The molecule has 0 spiro atoms. The van der Waals surface area contributed by atoms with Gasteiger partial charge >= 0.3 is 0 Å². The van der Waals surface area contributed by atoms with Crippen LogP contribution in [0, 0.1) is 0 Å². The molecular formula is C9H10Cl3NO2S. The van der Waals surface area contributed by atoms with Crippen LogP contribution in [0.5, 0.6) is 0 Å². The summed E-state index contributed by atoms with van der Waals surface area (Å²) in [4.78, 5) is 0. The van der Waals surface area contributed by atoms with E-state index >= 15 is 0 Å². The lowest BCUT2D eigenvalue weighted by molar-refractivity contribution is 0.600. The highest BCUT2D eigenvalue weighted by molar-refractivity contribution is 7.92. The summed E-state index contributed by atoms with van der Waals surface area (Å²) in [5.74, 6) is 0.0162. The van der Waals surface area contributed by atoms with Crippen LogP contribution in [0.15, 0.2) is 12.1 Å². The molecule has 16 heavy (non-hydrogen) atoms. The van der Waals surface area contributed by atoms with Gasteiger partial charge in [-0.3, -0.25) is 4.72 Å². The van der Waals surface area contributed by atoms with E-state index < -0.39 is 10.0 Å². The summed E-state index contributed by atoms with van der Waals surface area (Å²) in [5, 5.41) is 0.711. The Hall–Kier alpha value is -0.160. The van der Waals surface area contributed by atoms with Gasteiger partial charge in [0.1, 0.15) is 0 Å². The molecule has 0 aliphatic carbocycles. The van der Waals surface area contributed by atoms with Crippen LogP contribution in [0.25, 0.3) is 0 Å². The average Bonchev–Trinajstić information content (AvgIpc) is 2.11. The van der Waals surface area contributed by atoms with Crippen molar-refractivity contribution in [3.63, 3.8) is 0 Å². The van der Waals surface area contributed by atoms with Crippen molar-refractivity contribution in [1.29, 1.82) is 0 Å². The predicted molar refractivity (Wildman–Crippen MR) is 69.2 cm³/mol. The number of benzene rings is 1.